The Morgan fingerprint density at radius 2 is 1.71 bits per heavy atom. The van der Waals surface area contributed by atoms with Crippen LogP contribution in [0.25, 0.3) is 0 Å². The molecule has 0 unspecified atom stereocenters. The van der Waals surface area contributed by atoms with E-state index < -0.39 is 15.7 Å². The van der Waals surface area contributed by atoms with Crippen LogP contribution in [-0.4, -0.2) is 26.4 Å². The molecule has 0 bridgehead atoms. The zero-order valence-electron chi connectivity index (χ0n) is 9.93. The molecule has 0 atom stereocenters. The van der Waals surface area contributed by atoms with E-state index in [0.29, 0.717) is 0 Å². The molecule has 0 amide bonds. The molecule has 0 saturated carbocycles. The van der Waals surface area contributed by atoms with Crippen molar-refractivity contribution in [1.29, 1.82) is 0 Å². The zero-order chi connectivity index (χ0) is 12.9. The maximum atomic E-state index is 12.7. The summed E-state index contributed by atoms with van der Waals surface area (Å²) in [6.07, 6.45) is 1.54. The van der Waals surface area contributed by atoms with Gasteiger partial charge in [0, 0.05) is 19.3 Å². The van der Waals surface area contributed by atoms with Gasteiger partial charge < -0.3 is 4.90 Å². The lowest BCUT2D eigenvalue weighted by Crippen LogP contribution is -2.15. The molecule has 3 nitrogen and oxygen atoms in total. The molecule has 94 valence electrons. The minimum Gasteiger partial charge on any atom is -0.377 e. The molecule has 0 fully saturated rings. The van der Waals surface area contributed by atoms with Crippen molar-refractivity contribution in [3.63, 3.8) is 0 Å². The molecule has 1 aromatic rings. The van der Waals surface area contributed by atoms with E-state index in [0.717, 1.165) is 30.6 Å². The summed E-state index contributed by atoms with van der Waals surface area (Å²) in [7, 11) is -3.48. The second kappa shape index (κ2) is 5.82. The average Bonchev–Trinajstić information content (AvgIpc) is 2.31. The lowest BCUT2D eigenvalue weighted by molar-refractivity contribution is 0.419. The summed E-state index contributed by atoms with van der Waals surface area (Å²) >= 11 is 0. The number of hydrogen-bond donors (Lipinski definition) is 0. The molecule has 5 heteroatoms. The molecular formula is C12H16FNO2S. The van der Waals surface area contributed by atoms with Gasteiger partial charge in [0.25, 0.3) is 0 Å². The van der Waals surface area contributed by atoms with Crippen molar-refractivity contribution in [2.45, 2.75) is 18.7 Å². The molecule has 0 aliphatic rings. The van der Waals surface area contributed by atoms with Crippen molar-refractivity contribution in [3.8, 4) is 0 Å². The van der Waals surface area contributed by atoms with Crippen molar-refractivity contribution in [2.24, 2.45) is 0 Å². The maximum absolute atomic E-state index is 12.7. The molecule has 0 radical (unpaired) electrons. The number of halogens is 1. The van der Waals surface area contributed by atoms with Crippen LogP contribution in [0.3, 0.4) is 0 Å². The molecule has 0 N–H and O–H groups in total. The molecule has 17 heavy (non-hydrogen) atoms. The van der Waals surface area contributed by atoms with Crippen LogP contribution < -0.4 is 0 Å². The van der Waals surface area contributed by atoms with E-state index in [4.69, 9.17) is 0 Å². The van der Waals surface area contributed by atoms with Gasteiger partial charge in [-0.25, -0.2) is 12.8 Å². The normalized spacial score (nSPS) is 11.9. The van der Waals surface area contributed by atoms with Gasteiger partial charge in [-0.2, -0.15) is 0 Å². The summed E-state index contributed by atoms with van der Waals surface area (Å²) in [5, 5.41) is 1.15. The molecule has 0 aliphatic carbocycles. The Labute approximate surface area is 101 Å². The first-order chi connectivity index (χ1) is 7.99. The standard InChI is InChI=1S/C12H16FNO2S/c1-3-14(4-2)9-10-17(15,16)12-7-5-11(13)6-8-12/h5-10H,3-4H2,1-2H3. The van der Waals surface area contributed by atoms with Crippen molar-refractivity contribution < 1.29 is 12.8 Å². The predicted molar refractivity (Wildman–Crippen MR) is 65.6 cm³/mol. The molecule has 0 aromatic heterocycles. The first kappa shape index (κ1) is 13.7. The van der Waals surface area contributed by atoms with Crippen LogP contribution in [0, 0.1) is 5.82 Å². The third-order valence-corrected chi connectivity index (χ3v) is 3.81. The Hall–Kier alpha value is -1.36. The average molecular weight is 257 g/mol. The molecule has 1 rings (SSSR count). The van der Waals surface area contributed by atoms with Gasteiger partial charge in [-0.05, 0) is 38.1 Å². The predicted octanol–water partition coefficient (Wildman–Crippen LogP) is 2.41. The van der Waals surface area contributed by atoms with Crippen LogP contribution in [0.5, 0.6) is 0 Å². The van der Waals surface area contributed by atoms with E-state index in [9.17, 15) is 12.8 Å². The van der Waals surface area contributed by atoms with Gasteiger partial charge in [0.05, 0.1) is 10.3 Å². The summed E-state index contributed by atoms with van der Waals surface area (Å²) in [4.78, 5) is 1.96. The van der Waals surface area contributed by atoms with Gasteiger partial charge >= 0.3 is 0 Å². The number of benzene rings is 1. The highest BCUT2D eigenvalue weighted by molar-refractivity contribution is 7.94. The SMILES string of the molecule is CCN(C=CS(=O)(=O)c1ccc(F)cc1)CC. The van der Waals surface area contributed by atoms with Crippen molar-refractivity contribution >= 4 is 9.84 Å². The highest BCUT2D eigenvalue weighted by atomic mass is 32.2. The van der Waals surface area contributed by atoms with Gasteiger partial charge in [0.2, 0.25) is 9.84 Å². The third kappa shape index (κ3) is 3.85. The number of rotatable bonds is 5. The molecule has 0 spiro atoms. The van der Waals surface area contributed by atoms with Crippen LogP contribution in [-0.2, 0) is 9.84 Å². The van der Waals surface area contributed by atoms with Gasteiger partial charge in [0.1, 0.15) is 5.82 Å². The fraction of sp³-hybridized carbons (Fsp3) is 0.333. The van der Waals surface area contributed by atoms with Crippen molar-refractivity contribution in [2.75, 3.05) is 13.1 Å². The highest BCUT2D eigenvalue weighted by Crippen LogP contribution is 2.13. The van der Waals surface area contributed by atoms with Crippen molar-refractivity contribution in [1.82, 2.24) is 4.90 Å². The Kier molecular flexibility index (Phi) is 4.69. The van der Waals surface area contributed by atoms with E-state index in [1.807, 2.05) is 18.7 Å². The smallest absolute Gasteiger partial charge is 0.201 e. The molecular weight excluding hydrogens is 241 g/mol. The highest BCUT2D eigenvalue weighted by Gasteiger charge is 2.10. The fourth-order valence-electron chi connectivity index (χ4n) is 1.30. The second-order valence-electron chi connectivity index (χ2n) is 3.51. The summed E-state index contributed by atoms with van der Waals surface area (Å²) in [5.74, 6) is -0.448. The lowest BCUT2D eigenvalue weighted by atomic mass is 10.4. The van der Waals surface area contributed by atoms with E-state index >= 15 is 0 Å². The Morgan fingerprint density at radius 1 is 1.18 bits per heavy atom. The molecule has 0 saturated heterocycles. The largest absolute Gasteiger partial charge is 0.377 e. The first-order valence-corrected chi connectivity index (χ1v) is 6.97. The first-order valence-electron chi connectivity index (χ1n) is 5.42. The lowest BCUT2D eigenvalue weighted by Gasteiger charge is -2.14. The Bertz CT molecular complexity index is 476. The van der Waals surface area contributed by atoms with Gasteiger partial charge in [-0.1, -0.05) is 0 Å². The fourth-order valence-corrected chi connectivity index (χ4v) is 2.31. The van der Waals surface area contributed by atoms with Crippen LogP contribution in [0.1, 0.15) is 13.8 Å². The van der Waals surface area contributed by atoms with Crippen LogP contribution in [0.15, 0.2) is 40.8 Å². The minimum atomic E-state index is -3.48. The molecule has 1 aromatic carbocycles. The maximum Gasteiger partial charge on any atom is 0.201 e. The molecule has 0 heterocycles. The monoisotopic (exact) mass is 257 g/mol. The summed E-state index contributed by atoms with van der Waals surface area (Å²) in [5.41, 5.74) is 0. The van der Waals surface area contributed by atoms with E-state index in [1.54, 1.807) is 6.20 Å². The number of sulfone groups is 1. The Balaban J connectivity index is 2.92. The van der Waals surface area contributed by atoms with E-state index in [2.05, 4.69) is 0 Å². The zero-order valence-corrected chi connectivity index (χ0v) is 10.7. The van der Waals surface area contributed by atoms with Crippen molar-refractivity contribution in [3.05, 3.63) is 41.7 Å². The summed E-state index contributed by atoms with van der Waals surface area (Å²) < 4.78 is 36.4. The minimum absolute atomic E-state index is 0.0994. The van der Waals surface area contributed by atoms with Crippen LogP contribution in [0.4, 0.5) is 4.39 Å². The van der Waals surface area contributed by atoms with Gasteiger partial charge in [-0.15, -0.1) is 0 Å². The quantitative estimate of drug-likeness (QED) is 0.760. The van der Waals surface area contributed by atoms with Crippen LogP contribution >= 0.6 is 0 Å². The third-order valence-electron chi connectivity index (χ3n) is 2.41. The summed E-state index contributed by atoms with van der Waals surface area (Å²) in [6, 6.07) is 4.80. The number of nitrogens with zero attached hydrogens (tertiary/aromatic N) is 1. The van der Waals surface area contributed by atoms with E-state index in [1.165, 1.54) is 12.1 Å². The van der Waals surface area contributed by atoms with Gasteiger partial charge in [0.15, 0.2) is 0 Å². The second-order valence-corrected chi connectivity index (χ2v) is 5.34. The van der Waals surface area contributed by atoms with E-state index in [-0.39, 0.29) is 4.90 Å². The summed E-state index contributed by atoms with van der Waals surface area (Å²) in [6.45, 7) is 5.37. The van der Waals surface area contributed by atoms with Crippen LogP contribution in [0.2, 0.25) is 0 Å². The van der Waals surface area contributed by atoms with Gasteiger partial charge in [-0.3, -0.25) is 0 Å². The Morgan fingerprint density at radius 3 is 2.18 bits per heavy atom. The molecule has 0 aliphatic heterocycles. The number of hydrogen-bond acceptors (Lipinski definition) is 3. The topological polar surface area (TPSA) is 37.4 Å².